The van der Waals surface area contributed by atoms with Crippen molar-refractivity contribution in [3.63, 3.8) is 0 Å². The molecule has 2 radical (unpaired) electrons. The van der Waals surface area contributed by atoms with E-state index in [1.165, 1.54) is 30.4 Å². The predicted octanol–water partition coefficient (Wildman–Crippen LogP) is 5.75. The number of amides is 2. The van der Waals surface area contributed by atoms with Crippen LogP contribution in [0.25, 0.3) is 0 Å². The van der Waals surface area contributed by atoms with Crippen molar-refractivity contribution in [2.45, 2.75) is 15.8 Å². The number of nitrogens with one attached hydrogen (secondary N) is 2. The summed E-state index contributed by atoms with van der Waals surface area (Å²) in [7, 11) is 1.52. The molecule has 0 spiro atoms. The van der Waals surface area contributed by atoms with Crippen molar-refractivity contribution >= 4 is 85.1 Å². The molecular weight excluding hydrogens is 653 g/mol. The standard InChI is InChI=1S/C11H12N2O4.2C7H5Cl2.Sn/c1-7(14)10(15)12-13-11(16)8-3-5-9(17-2)6-4-8;2*1-5-2-3-6(8)4-7(5)9;/h3-6H,1-2H3,(H,12,15)(H,13,16);2*2-4H,1H2;. The second kappa shape index (κ2) is 15.3. The van der Waals surface area contributed by atoms with Gasteiger partial charge in [0, 0.05) is 12.5 Å². The number of hydrogen-bond donors (Lipinski definition) is 2. The number of Topliss-reactive ketones (excluding diaryl/α,β-unsaturated/α-hetero) is 1. The fourth-order valence-electron chi connectivity index (χ4n) is 2.68. The Morgan fingerprint density at radius 2 is 1.28 bits per heavy atom. The number of ketones is 1. The van der Waals surface area contributed by atoms with Gasteiger partial charge in [-0.15, -0.1) is 0 Å². The summed E-state index contributed by atoms with van der Waals surface area (Å²) in [5, 5.41) is 2.88. The third-order valence-corrected chi connectivity index (χ3v) is 9.40. The summed E-state index contributed by atoms with van der Waals surface area (Å²) in [5.74, 6) is -1.44. The van der Waals surface area contributed by atoms with Gasteiger partial charge in [0.05, 0.1) is 7.11 Å². The Morgan fingerprint density at radius 1 is 0.778 bits per heavy atom. The second-order valence-corrected chi connectivity index (χ2v) is 12.4. The molecule has 6 nitrogen and oxygen atoms in total. The van der Waals surface area contributed by atoms with Crippen LogP contribution in [0, 0.1) is 0 Å². The van der Waals surface area contributed by atoms with E-state index in [-0.39, 0.29) is 0 Å². The molecular formula is C25H22Cl4N2O4Sn. The van der Waals surface area contributed by atoms with Gasteiger partial charge < -0.3 is 4.74 Å². The summed E-state index contributed by atoms with van der Waals surface area (Å²) in [5.41, 5.74) is 6.82. The molecule has 0 bridgehead atoms. The molecule has 188 valence electrons. The van der Waals surface area contributed by atoms with Gasteiger partial charge in [0.25, 0.3) is 5.91 Å². The van der Waals surface area contributed by atoms with Crippen molar-refractivity contribution in [1.82, 2.24) is 10.9 Å². The molecule has 3 rings (SSSR count). The van der Waals surface area contributed by atoms with Gasteiger partial charge in [0.15, 0.2) is 0 Å². The van der Waals surface area contributed by atoms with Crippen LogP contribution in [-0.2, 0) is 18.5 Å². The van der Waals surface area contributed by atoms with Gasteiger partial charge in [-0.05, 0) is 24.3 Å². The molecule has 36 heavy (non-hydrogen) atoms. The average molecular weight is 675 g/mol. The fourth-order valence-corrected chi connectivity index (χ4v) is 7.92. The van der Waals surface area contributed by atoms with E-state index in [0.717, 1.165) is 25.8 Å². The van der Waals surface area contributed by atoms with Gasteiger partial charge in [0.1, 0.15) is 5.75 Å². The molecule has 2 N–H and O–H groups in total. The van der Waals surface area contributed by atoms with Crippen LogP contribution < -0.4 is 15.6 Å². The van der Waals surface area contributed by atoms with E-state index >= 15 is 0 Å². The van der Waals surface area contributed by atoms with E-state index in [9.17, 15) is 14.4 Å². The summed E-state index contributed by atoms with van der Waals surface area (Å²) in [6, 6.07) is 17.7. The molecule has 0 saturated heterocycles. The van der Waals surface area contributed by atoms with Crippen molar-refractivity contribution in [2.24, 2.45) is 0 Å². The van der Waals surface area contributed by atoms with E-state index in [0.29, 0.717) is 21.4 Å². The third-order valence-electron chi connectivity index (χ3n) is 4.62. The molecule has 0 fully saturated rings. The van der Waals surface area contributed by atoms with E-state index in [1.54, 1.807) is 24.3 Å². The predicted molar refractivity (Wildman–Crippen MR) is 145 cm³/mol. The van der Waals surface area contributed by atoms with E-state index in [2.05, 4.69) is 5.43 Å². The Kier molecular flexibility index (Phi) is 12.9. The number of carbonyl (C=O) groups is 3. The Bertz CT molecular complexity index is 1170. The minimum absolute atomic E-state index is 0.342. The molecule has 11 heteroatoms. The maximum atomic E-state index is 11.5. The first kappa shape index (κ1) is 30.3. The number of methoxy groups -OCH3 is 1. The van der Waals surface area contributed by atoms with Gasteiger partial charge in [0.2, 0.25) is 5.78 Å². The first-order valence-electron chi connectivity index (χ1n) is 10.4. The van der Waals surface area contributed by atoms with Crippen LogP contribution in [0.3, 0.4) is 0 Å². The van der Waals surface area contributed by atoms with E-state index in [4.69, 9.17) is 51.1 Å². The molecule has 0 atom stereocenters. The fraction of sp³-hybridized carbons (Fsp3) is 0.160. The number of carbonyl (C=O) groups excluding carboxylic acids is 3. The molecule has 0 aliphatic carbocycles. The molecule has 2 amide bonds. The van der Waals surface area contributed by atoms with E-state index in [1.807, 2.05) is 29.7 Å². The van der Waals surface area contributed by atoms with Crippen molar-refractivity contribution < 1.29 is 19.1 Å². The zero-order valence-corrected chi connectivity index (χ0v) is 25.2. The van der Waals surface area contributed by atoms with Gasteiger partial charge in [-0.2, -0.15) is 0 Å². The summed E-state index contributed by atoms with van der Waals surface area (Å²) in [6.45, 7) is 1.11. The van der Waals surface area contributed by atoms with Gasteiger partial charge in [-0.1, -0.05) is 0 Å². The quantitative estimate of drug-likeness (QED) is 0.190. The molecule has 0 saturated carbocycles. The summed E-state index contributed by atoms with van der Waals surface area (Å²) in [6.07, 6.45) is 0. The van der Waals surface area contributed by atoms with Gasteiger partial charge in [-0.3, -0.25) is 25.2 Å². The first-order valence-corrected chi connectivity index (χ1v) is 16.0. The zero-order chi connectivity index (χ0) is 26.7. The van der Waals surface area contributed by atoms with Crippen molar-refractivity contribution in [3.05, 3.63) is 97.4 Å². The number of benzene rings is 3. The normalized spacial score (nSPS) is 10.1. The molecule has 0 unspecified atom stereocenters. The average Bonchev–Trinajstić information content (AvgIpc) is 2.85. The van der Waals surface area contributed by atoms with Crippen LogP contribution in [0.2, 0.25) is 20.1 Å². The maximum absolute atomic E-state index is 11.5. The van der Waals surface area contributed by atoms with Crippen molar-refractivity contribution in [1.29, 1.82) is 0 Å². The Morgan fingerprint density at radius 3 is 1.69 bits per heavy atom. The van der Waals surface area contributed by atoms with Crippen LogP contribution in [0.15, 0.2) is 60.7 Å². The van der Waals surface area contributed by atoms with Gasteiger partial charge in [-0.25, -0.2) is 0 Å². The second-order valence-electron chi connectivity index (χ2n) is 7.27. The number of hydrazine groups is 1. The molecule has 0 aliphatic rings. The topological polar surface area (TPSA) is 84.5 Å². The Balaban J connectivity index is 0.000000255. The molecule has 0 aromatic heterocycles. The zero-order valence-electron chi connectivity index (χ0n) is 19.3. The molecule has 3 aromatic rings. The molecule has 3 aromatic carbocycles. The number of halogens is 4. The van der Waals surface area contributed by atoms with Crippen LogP contribution >= 0.6 is 46.4 Å². The number of rotatable bonds is 7. The van der Waals surface area contributed by atoms with Crippen LogP contribution in [0.4, 0.5) is 0 Å². The Labute approximate surface area is 239 Å². The minimum atomic E-state index is -0.869. The summed E-state index contributed by atoms with van der Waals surface area (Å²) in [4.78, 5) is 33.0. The number of ether oxygens (including phenoxy) is 1. The molecule has 0 aliphatic heterocycles. The van der Waals surface area contributed by atoms with Crippen molar-refractivity contribution in [2.75, 3.05) is 7.11 Å². The van der Waals surface area contributed by atoms with Gasteiger partial charge >= 0.3 is 150 Å². The summed E-state index contributed by atoms with van der Waals surface area (Å²) < 4.78 is 7.07. The first-order chi connectivity index (χ1) is 17.1. The molecule has 0 heterocycles. The number of hydrogen-bond acceptors (Lipinski definition) is 4. The van der Waals surface area contributed by atoms with E-state index < -0.39 is 38.7 Å². The van der Waals surface area contributed by atoms with Crippen molar-refractivity contribution in [3.8, 4) is 5.75 Å². The SMILES string of the molecule is COc1ccc(C(=O)NNC(=O)C(C)=O)cc1.Clc1ccc([CH2][Sn][CH2]c2ccc(Cl)cc2Cl)c(Cl)c1. The summed E-state index contributed by atoms with van der Waals surface area (Å²) >= 11 is 23.5. The monoisotopic (exact) mass is 674 g/mol. The third kappa shape index (κ3) is 10.2. The van der Waals surface area contributed by atoms with Crippen LogP contribution in [-0.4, -0.2) is 45.8 Å². The van der Waals surface area contributed by atoms with Crippen LogP contribution in [0.1, 0.15) is 28.4 Å². The Hall–Kier alpha value is -1.97. The van der Waals surface area contributed by atoms with Crippen LogP contribution in [0.5, 0.6) is 5.75 Å².